The molecule has 0 radical (unpaired) electrons. The first-order valence-corrected chi connectivity index (χ1v) is 9.28. The first-order valence-electron chi connectivity index (χ1n) is 8.29. The Balaban J connectivity index is 1.70. The van der Waals surface area contributed by atoms with E-state index in [0.29, 0.717) is 0 Å². The molecular formula is C18H29NS. The Labute approximate surface area is 128 Å². The zero-order valence-corrected chi connectivity index (χ0v) is 13.6. The van der Waals surface area contributed by atoms with Crippen LogP contribution < -0.4 is 5.32 Å². The molecule has 0 spiro atoms. The summed E-state index contributed by atoms with van der Waals surface area (Å²) in [5.41, 5.74) is 0. The van der Waals surface area contributed by atoms with Crippen LogP contribution in [-0.4, -0.2) is 18.3 Å². The highest BCUT2D eigenvalue weighted by Gasteiger charge is 2.19. The van der Waals surface area contributed by atoms with Gasteiger partial charge in [0.15, 0.2) is 0 Å². The van der Waals surface area contributed by atoms with E-state index in [2.05, 4.69) is 42.6 Å². The van der Waals surface area contributed by atoms with Crippen molar-refractivity contribution in [2.75, 3.05) is 12.3 Å². The number of thioether (sulfide) groups is 1. The lowest BCUT2D eigenvalue weighted by Gasteiger charge is -2.21. The quantitative estimate of drug-likeness (QED) is 0.553. The minimum absolute atomic E-state index is 0.782. The van der Waals surface area contributed by atoms with Crippen molar-refractivity contribution in [3.8, 4) is 0 Å². The van der Waals surface area contributed by atoms with E-state index in [1.165, 1.54) is 62.1 Å². The molecule has 1 aliphatic rings. The first kappa shape index (κ1) is 15.9. The summed E-state index contributed by atoms with van der Waals surface area (Å²) in [6.45, 7) is 3.45. The lowest BCUT2D eigenvalue weighted by atomic mass is 9.95. The highest BCUT2D eigenvalue weighted by molar-refractivity contribution is 7.99. The van der Waals surface area contributed by atoms with E-state index in [0.717, 1.165) is 12.0 Å². The van der Waals surface area contributed by atoms with Crippen LogP contribution in [-0.2, 0) is 0 Å². The summed E-state index contributed by atoms with van der Waals surface area (Å²) in [6.07, 6.45) is 9.72. The van der Waals surface area contributed by atoms with Crippen LogP contribution in [0.2, 0.25) is 0 Å². The van der Waals surface area contributed by atoms with E-state index in [-0.39, 0.29) is 0 Å². The van der Waals surface area contributed by atoms with Crippen LogP contribution >= 0.6 is 11.8 Å². The van der Waals surface area contributed by atoms with Crippen molar-refractivity contribution in [3.05, 3.63) is 30.3 Å². The van der Waals surface area contributed by atoms with Gasteiger partial charge in [0.05, 0.1) is 0 Å². The van der Waals surface area contributed by atoms with Crippen molar-refractivity contribution in [2.45, 2.75) is 62.8 Å². The number of hydrogen-bond donors (Lipinski definition) is 1. The van der Waals surface area contributed by atoms with Gasteiger partial charge in [0.2, 0.25) is 0 Å². The minimum atomic E-state index is 0.782. The molecule has 1 aromatic rings. The van der Waals surface area contributed by atoms with Crippen LogP contribution in [0.25, 0.3) is 0 Å². The number of benzene rings is 1. The van der Waals surface area contributed by atoms with E-state index >= 15 is 0 Å². The third-order valence-electron chi connectivity index (χ3n) is 4.25. The summed E-state index contributed by atoms with van der Waals surface area (Å²) < 4.78 is 0. The predicted octanol–water partition coefficient (Wildman–Crippen LogP) is 5.12. The SMILES string of the molecule is CCCNC1CCCCC(CCSc2ccccc2)C1. The standard InChI is InChI=1S/C18H29NS/c1-2-13-19-17-9-7-6-8-16(15-17)12-14-20-18-10-4-3-5-11-18/h3-5,10-11,16-17,19H,2,6-9,12-15H2,1H3. The summed E-state index contributed by atoms with van der Waals surface area (Å²) in [5.74, 6) is 2.21. The second-order valence-corrected chi connectivity index (χ2v) is 7.16. The van der Waals surface area contributed by atoms with E-state index in [1.54, 1.807) is 0 Å². The second-order valence-electron chi connectivity index (χ2n) is 5.99. The maximum absolute atomic E-state index is 3.74. The average Bonchev–Trinajstić information content (AvgIpc) is 2.71. The van der Waals surface area contributed by atoms with Gasteiger partial charge in [-0.15, -0.1) is 11.8 Å². The van der Waals surface area contributed by atoms with Gasteiger partial charge in [0.1, 0.15) is 0 Å². The van der Waals surface area contributed by atoms with Crippen molar-refractivity contribution in [3.63, 3.8) is 0 Å². The van der Waals surface area contributed by atoms with Gasteiger partial charge >= 0.3 is 0 Å². The summed E-state index contributed by atoms with van der Waals surface area (Å²) in [5, 5.41) is 3.74. The van der Waals surface area contributed by atoms with Crippen LogP contribution in [0.15, 0.2) is 35.2 Å². The van der Waals surface area contributed by atoms with Gasteiger partial charge in [-0.1, -0.05) is 44.4 Å². The van der Waals surface area contributed by atoms with Gasteiger partial charge in [-0.2, -0.15) is 0 Å². The fourth-order valence-corrected chi connectivity index (χ4v) is 4.15. The number of hydrogen-bond acceptors (Lipinski definition) is 2. The maximum Gasteiger partial charge on any atom is 0.00719 e. The van der Waals surface area contributed by atoms with Gasteiger partial charge in [-0.25, -0.2) is 0 Å². The summed E-state index contributed by atoms with van der Waals surface area (Å²) in [6, 6.07) is 11.6. The molecule has 0 aliphatic heterocycles. The molecule has 1 nitrogen and oxygen atoms in total. The fourth-order valence-electron chi connectivity index (χ4n) is 3.12. The van der Waals surface area contributed by atoms with Gasteiger partial charge in [0, 0.05) is 10.9 Å². The van der Waals surface area contributed by atoms with Gasteiger partial charge in [-0.05, 0) is 56.0 Å². The average molecular weight is 292 g/mol. The van der Waals surface area contributed by atoms with Crippen molar-refractivity contribution in [1.29, 1.82) is 0 Å². The molecule has 2 heteroatoms. The molecule has 0 amide bonds. The largest absolute Gasteiger partial charge is 0.314 e. The van der Waals surface area contributed by atoms with E-state index in [4.69, 9.17) is 0 Å². The molecule has 0 heterocycles. The monoisotopic (exact) mass is 291 g/mol. The summed E-state index contributed by atoms with van der Waals surface area (Å²) in [7, 11) is 0. The van der Waals surface area contributed by atoms with E-state index in [9.17, 15) is 0 Å². The van der Waals surface area contributed by atoms with Crippen molar-refractivity contribution in [1.82, 2.24) is 5.32 Å². The molecule has 112 valence electrons. The molecule has 0 saturated heterocycles. The molecule has 2 rings (SSSR count). The molecule has 2 atom stereocenters. The molecule has 20 heavy (non-hydrogen) atoms. The van der Waals surface area contributed by atoms with Crippen molar-refractivity contribution < 1.29 is 0 Å². The Bertz CT molecular complexity index is 352. The number of rotatable bonds is 7. The highest BCUT2D eigenvalue weighted by Crippen LogP contribution is 2.28. The Morgan fingerprint density at radius 2 is 1.95 bits per heavy atom. The van der Waals surface area contributed by atoms with Crippen LogP contribution in [0.3, 0.4) is 0 Å². The Morgan fingerprint density at radius 3 is 2.75 bits per heavy atom. The minimum Gasteiger partial charge on any atom is -0.314 e. The predicted molar refractivity (Wildman–Crippen MR) is 90.4 cm³/mol. The smallest absolute Gasteiger partial charge is 0.00719 e. The topological polar surface area (TPSA) is 12.0 Å². The zero-order valence-electron chi connectivity index (χ0n) is 12.8. The first-order chi connectivity index (χ1) is 9.88. The molecule has 1 saturated carbocycles. The lowest BCUT2D eigenvalue weighted by molar-refractivity contribution is 0.380. The second kappa shape index (κ2) is 9.46. The van der Waals surface area contributed by atoms with Gasteiger partial charge < -0.3 is 5.32 Å². The highest BCUT2D eigenvalue weighted by atomic mass is 32.2. The molecule has 2 unspecified atom stereocenters. The zero-order chi connectivity index (χ0) is 14.0. The van der Waals surface area contributed by atoms with Crippen LogP contribution in [0.4, 0.5) is 0 Å². The summed E-state index contributed by atoms with van der Waals surface area (Å²) in [4.78, 5) is 1.42. The molecule has 1 aromatic carbocycles. The Hall–Kier alpha value is -0.470. The van der Waals surface area contributed by atoms with Gasteiger partial charge in [0.25, 0.3) is 0 Å². The molecule has 1 N–H and O–H groups in total. The maximum atomic E-state index is 3.74. The van der Waals surface area contributed by atoms with Crippen LogP contribution in [0.5, 0.6) is 0 Å². The lowest BCUT2D eigenvalue weighted by Crippen LogP contribution is -2.30. The molecule has 0 aromatic heterocycles. The Morgan fingerprint density at radius 1 is 1.15 bits per heavy atom. The fraction of sp³-hybridized carbons (Fsp3) is 0.667. The molecule has 1 fully saturated rings. The summed E-state index contributed by atoms with van der Waals surface area (Å²) >= 11 is 2.02. The van der Waals surface area contributed by atoms with Crippen LogP contribution in [0.1, 0.15) is 51.9 Å². The third kappa shape index (κ3) is 5.88. The third-order valence-corrected chi connectivity index (χ3v) is 5.30. The molecular weight excluding hydrogens is 262 g/mol. The Kier molecular flexibility index (Phi) is 7.53. The van der Waals surface area contributed by atoms with E-state index in [1.807, 2.05) is 11.8 Å². The van der Waals surface area contributed by atoms with Gasteiger partial charge in [-0.3, -0.25) is 0 Å². The molecule has 1 aliphatic carbocycles. The molecule has 0 bridgehead atoms. The van der Waals surface area contributed by atoms with Crippen molar-refractivity contribution in [2.24, 2.45) is 5.92 Å². The van der Waals surface area contributed by atoms with Crippen molar-refractivity contribution >= 4 is 11.8 Å². The normalized spacial score (nSPS) is 23.4. The van der Waals surface area contributed by atoms with E-state index < -0.39 is 0 Å². The van der Waals surface area contributed by atoms with Crippen LogP contribution in [0, 0.1) is 5.92 Å². The number of nitrogens with one attached hydrogen (secondary N) is 1.